The molecule has 1 fully saturated rings. The molecule has 1 atom stereocenters. The first-order chi connectivity index (χ1) is 12.7. The number of benzene rings is 2. The van der Waals surface area contributed by atoms with Gasteiger partial charge in [-0.1, -0.05) is 29.8 Å². The topological polar surface area (TPSA) is 58.2 Å². The summed E-state index contributed by atoms with van der Waals surface area (Å²) < 4.78 is 5.59. The van der Waals surface area contributed by atoms with E-state index in [1.165, 1.54) is 0 Å². The summed E-state index contributed by atoms with van der Waals surface area (Å²) in [6.07, 6.45) is 1.99. The second kappa shape index (κ2) is 7.38. The third-order valence-electron chi connectivity index (χ3n) is 4.73. The highest BCUT2D eigenvalue weighted by atomic mass is 35.5. The van der Waals surface area contributed by atoms with Crippen LogP contribution in [0.2, 0.25) is 5.02 Å². The summed E-state index contributed by atoms with van der Waals surface area (Å²) in [5.74, 6) is 1.79. The molecule has 2 aromatic carbocycles. The molecule has 1 N–H and O–H groups in total. The summed E-state index contributed by atoms with van der Waals surface area (Å²) in [6, 6.07) is 15.1. The quantitative estimate of drug-likeness (QED) is 0.756. The largest absolute Gasteiger partial charge is 0.484 e. The van der Waals surface area contributed by atoms with Gasteiger partial charge in [0, 0.05) is 24.0 Å². The molecule has 1 aliphatic rings. The molecule has 0 aliphatic carbocycles. The van der Waals surface area contributed by atoms with Gasteiger partial charge < -0.3 is 14.6 Å². The van der Waals surface area contributed by atoms with Crippen molar-refractivity contribution in [3.63, 3.8) is 0 Å². The van der Waals surface area contributed by atoms with E-state index in [2.05, 4.69) is 4.98 Å². The van der Waals surface area contributed by atoms with Crippen molar-refractivity contribution in [2.75, 3.05) is 19.7 Å². The molecule has 0 saturated carbocycles. The summed E-state index contributed by atoms with van der Waals surface area (Å²) in [7, 11) is 0. The van der Waals surface area contributed by atoms with E-state index < -0.39 is 0 Å². The van der Waals surface area contributed by atoms with Crippen LogP contribution in [-0.4, -0.2) is 40.5 Å². The zero-order chi connectivity index (χ0) is 17.9. The molecular weight excluding hydrogens is 350 g/mol. The fourth-order valence-corrected chi connectivity index (χ4v) is 3.57. The number of halogens is 1. The molecule has 134 valence electrons. The van der Waals surface area contributed by atoms with Crippen LogP contribution in [-0.2, 0) is 4.79 Å². The third-order valence-corrected chi connectivity index (χ3v) is 4.96. The number of nitrogens with zero attached hydrogens (tertiary/aromatic N) is 2. The van der Waals surface area contributed by atoms with Crippen LogP contribution in [0.25, 0.3) is 11.0 Å². The minimum atomic E-state index is -0.00853. The van der Waals surface area contributed by atoms with Crippen molar-refractivity contribution in [2.45, 2.75) is 18.8 Å². The molecule has 26 heavy (non-hydrogen) atoms. The first-order valence-corrected chi connectivity index (χ1v) is 9.17. The first-order valence-electron chi connectivity index (χ1n) is 8.80. The van der Waals surface area contributed by atoms with Gasteiger partial charge in [-0.05, 0) is 43.2 Å². The Balaban J connectivity index is 1.40. The van der Waals surface area contributed by atoms with Crippen molar-refractivity contribution in [3.8, 4) is 5.75 Å². The second-order valence-corrected chi connectivity index (χ2v) is 7.00. The van der Waals surface area contributed by atoms with Gasteiger partial charge in [0.25, 0.3) is 5.91 Å². The number of aromatic nitrogens is 2. The summed E-state index contributed by atoms with van der Waals surface area (Å²) in [6.45, 7) is 1.44. The second-order valence-electron chi connectivity index (χ2n) is 6.56. The molecule has 1 aromatic heterocycles. The molecule has 1 unspecified atom stereocenters. The number of aromatic amines is 1. The zero-order valence-corrected chi connectivity index (χ0v) is 15.1. The number of H-pyrrole nitrogens is 1. The van der Waals surface area contributed by atoms with Crippen LogP contribution >= 0.6 is 11.6 Å². The zero-order valence-electron chi connectivity index (χ0n) is 14.3. The molecule has 5 nitrogen and oxygen atoms in total. The molecule has 0 radical (unpaired) electrons. The average Bonchev–Trinajstić information content (AvgIpc) is 3.10. The molecule has 0 spiro atoms. The molecule has 1 saturated heterocycles. The monoisotopic (exact) mass is 369 g/mol. The molecular formula is C20H20ClN3O2. The number of rotatable bonds is 4. The van der Waals surface area contributed by atoms with Gasteiger partial charge >= 0.3 is 0 Å². The normalized spacial score (nSPS) is 17.4. The SMILES string of the molecule is O=C(COc1cccc(Cl)c1)N1CCCC(c2nc3ccccc3[nH]2)C1. The number of piperidine rings is 1. The van der Waals surface area contributed by atoms with Crippen molar-refractivity contribution >= 4 is 28.5 Å². The van der Waals surface area contributed by atoms with E-state index in [0.29, 0.717) is 17.3 Å². The maximum absolute atomic E-state index is 12.5. The molecule has 1 aliphatic heterocycles. The number of ether oxygens (including phenoxy) is 1. The number of likely N-dealkylation sites (tertiary alicyclic amines) is 1. The van der Waals surface area contributed by atoms with Gasteiger partial charge in [0.05, 0.1) is 11.0 Å². The van der Waals surface area contributed by atoms with Crippen LogP contribution in [0, 0.1) is 0 Å². The number of para-hydroxylation sites is 2. The molecule has 4 rings (SSSR count). The molecule has 1 amide bonds. The van der Waals surface area contributed by atoms with Gasteiger partial charge in [0.15, 0.2) is 6.61 Å². The van der Waals surface area contributed by atoms with Crippen LogP contribution < -0.4 is 4.74 Å². The molecule has 6 heteroatoms. The molecule has 3 aromatic rings. The van der Waals surface area contributed by atoms with Crippen molar-refractivity contribution in [1.29, 1.82) is 0 Å². The summed E-state index contributed by atoms with van der Waals surface area (Å²) in [5.41, 5.74) is 2.01. The van der Waals surface area contributed by atoms with Crippen molar-refractivity contribution in [2.24, 2.45) is 0 Å². The lowest BCUT2D eigenvalue weighted by molar-refractivity contribution is -0.134. The highest BCUT2D eigenvalue weighted by molar-refractivity contribution is 6.30. The maximum Gasteiger partial charge on any atom is 0.260 e. The average molecular weight is 370 g/mol. The van der Waals surface area contributed by atoms with Crippen molar-refractivity contribution < 1.29 is 9.53 Å². The summed E-state index contributed by atoms with van der Waals surface area (Å²) in [5, 5.41) is 0.595. The van der Waals surface area contributed by atoms with Gasteiger partial charge in [-0.25, -0.2) is 4.98 Å². The molecule has 2 heterocycles. The predicted octanol–water partition coefficient (Wildman–Crippen LogP) is 4.00. The van der Waals surface area contributed by atoms with Crippen molar-refractivity contribution in [3.05, 3.63) is 59.4 Å². The van der Waals surface area contributed by atoms with E-state index in [-0.39, 0.29) is 18.4 Å². The van der Waals surface area contributed by atoms with E-state index >= 15 is 0 Å². The number of nitrogens with one attached hydrogen (secondary N) is 1. The Morgan fingerprint density at radius 3 is 3.00 bits per heavy atom. The van der Waals surface area contributed by atoms with Gasteiger partial charge in [0.2, 0.25) is 0 Å². The summed E-state index contributed by atoms with van der Waals surface area (Å²) >= 11 is 5.94. The fourth-order valence-electron chi connectivity index (χ4n) is 3.39. The van der Waals surface area contributed by atoms with Crippen LogP contribution in [0.15, 0.2) is 48.5 Å². The lowest BCUT2D eigenvalue weighted by atomic mass is 9.97. The minimum absolute atomic E-state index is 0.00853. The van der Waals surface area contributed by atoms with E-state index in [4.69, 9.17) is 21.3 Å². The Hall–Kier alpha value is -2.53. The molecule has 0 bridgehead atoms. The van der Waals surface area contributed by atoms with E-state index in [9.17, 15) is 4.79 Å². The lowest BCUT2D eigenvalue weighted by Crippen LogP contribution is -2.41. The number of hydrogen-bond acceptors (Lipinski definition) is 3. The Bertz CT molecular complexity index is 891. The van der Waals surface area contributed by atoms with E-state index in [1.54, 1.807) is 24.3 Å². The number of fused-ring (bicyclic) bond motifs is 1. The van der Waals surface area contributed by atoms with Gasteiger partial charge in [-0.2, -0.15) is 0 Å². The van der Waals surface area contributed by atoms with Crippen LogP contribution in [0.5, 0.6) is 5.75 Å². The number of amides is 1. The summed E-state index contributed by atoms with van der Waals surface area (Å²) in [4.78, 5) is 22.5. The predicted molar refractivity (Wildman–Crippen MR) is 102 cm³/mol. The number of carbonyl (C=O) groups excluding carboxylic acids is 1. The smallest absolute Gasteiger partial charge is 0.260 e. The Morgan fingerprint density at radius 2 is 2.15 bits per heavy atom. The van der Waals surface area contributed by atoms with E-state index in [1.807, 2.05) is 29.2 Å². The van der Waals surface area contributed by atoms with Gasteiger partial charge in [-0.3, -0.25) is 4.79 Å². The fraction of sp³-hybridized carbons (Fsp3) is 0.300. The van der Waals surface area contributed by atoms with Gasteiger partial charge in [0.1, 0.15) is 11.6 Å². The highest BCUT2D eigenvalue weighted by Crippen LogP contribution is 2.27. The standard InChI is InChI=1S/C20H20ClN3O2/c21-15-6-3-7-16(11-15)26-13-19(25)24-10-4-5-14(12-24)20-22-17-8-1-2-9-18(17)23-20/h1-3,6-9,11,14H,4-5,10,12-13H2,(H,22,23). The number of hydrogen-bond donors (Lipinski definition) is 1. The minimum Gasteiger partial charge on any atom is -0.484 e. The number of imidazole rings is 1. The Labute approximate surface area is 156 Å². The Morgan fingerprint density at radius 1 is 1.27 bits per heavy atom. The van der Waals surface area contributed by atoms with Crippen LogP contribution in [0.1, 0.15) is 24.6 Å². The van der Waals surface area contributed by atoms with Crippen LogP contribution in [0.3, 0.4) is 0 Å². The Kier molecular flexibility index (Phi) is 4.80. The van der Waals surface area contributed by atoms with Crippen LogP contribution in [0.4, 0.5) is 0 Å². The first kappa shape index (κ1) is 16.9. The highest BCUT2D eigenvalue weighted by Gasteiger charge is 2.27. The van der Waals surface area contributed by atoms with Crippen molar-refractivity contribution in [1.82, 2.24) is 14.9 Å². The maximum atomic E-state index is 12.5. The van der Waals surface area contributed by atoms with E-state index in [0.717, 1.165) is 36.2 Å². The third kappa shape index (κ3) is 3.68. The lowest BCUT2D eigenvalue weighted by Gasteiger charge is -2.31. The van der Waals surface area contributed by atoms with Gasteiger partial charge in [-0.15, -0.1) is 0 Å². The number of carbonyl (C=O) groups is 1.